The molecule has 0 bridgehead atoms. The zero-order valence-corrected chi connectivity index (χ0v) is 16.7. The molecule has 138 valence electrons. The molecule has 2 unspecified atom stereocenters. The van der Waals surface area contributed by atoms with E-state index in [9.17, 15) is 4.79 Å². The molecule has 0 saturated carbocycles. The van der Waals surface area contributed by atoms with Crippen LogP contribution < -0.4 is 10.6 Å². The monoisotopic (exact) mass is 444 g/mol. The lowest BCUT2D eigenvalue weighted by atomic mass is 10.0. The van der Waals surface area contributed by atoms with E-state index < -0.39 is 0 Å². The standard InChI is InChI=1S/C19H17BrN4O2S/c20-14-8-6-13(7-9-14)18-23-17(26-24-18)11-27-19-21-15(10-16(25)22-19)12-4-2-1-3-5-12/h1-9,15,19,21H,10-11H2,(H,22,25). The Morgan fingerprint density at radius 1 is 1.15 bits per heavy atom. The Morgan fingerprint density at radius 2 is 1.93 bits per heavy atom. The van der Waals surface area contributed by atoms with E-state index in [-0.39, 0.29) is 17.4 Å². The van der Waals surface area contributed by atoms with Crippen LogP contribution in [0.5, 0.6) is 0 Å². The fourth-order valence-corrected chi connectivity index (χ4v) is 4.01. The van der Waals surface area contributed by atoms with Gasteiger partial charge in [0.15, 0.2) is 0 Å². The number of hydrogen-bond donors (Lipinski definition) is 2. The predicted octanol–water partition coefficient (Wildman–Crippen LogP) is 3.87. The first-order valence-corrected chi connectivity index (χ1v) is 10.3. The van der Waals surface area contributed by atoms with Crippen LogP contribution in [0.25, 0.3) is 11.4 Å². The molecule has 3 aromatic rings. The van der Waals surface area contributed by atoms with Gasteiger partial charge in [0.05, 0.1) is 5.75 Å². The molecule has 8 heteroatoms. The average Bonchev–Trinajstić information content (AvgIpc) is 3.16. The minimum absolute atomic E-state index is 0.00142. The smallest absolute Gasteiger partial charge is 0.237 e. The lowest BCUT2D eigenvalue weighted by Gasteiger charge is -2.31. The highest BCUT2D eigenvalue weighted by atomic mass is 79.9. The molecule has 1 saturated heterocycles. The van der Waals surface area contributed by atoms with Crippen molar-refractivity contribution in [3.05, 3.63) is 70.5 Å². The number of hydrogen-bond acceptors (Lipinski definition) is 6. The van der Waals surface area contributed by atoms with E-state index in [0.717, 1.165) is 15.6 Å². The van der Waals surface area contributed by atoms with Gasteiger partial charge in [0, 0.05) is 22.5 Å². The van der Waals surface area contributed by atoms with E-state index in [4.69, 9.17) is 4.52 Å². The Bertz CT molecular complexity index is 917. The van der Waals surface area contributed by atoms with Crippen LogP contribution in [0.4, 0.5) is 0 Å². The third-order valence-electron chi connectivity index (χ3n) is 4.18. The van der Waals surface area contributed by atoms with Crippen molar-refractivity contribution in [2.45, 2.75) is 23.7 Å². The molecule has 1 aliphatic rings. The molecule has 0 spiro atoms. The molecule has 0 radical (unpaired) electrons. The van der Waals surface area contributed by atoms with Gasteiger partial charge in [-0.3, -0.25) is 10.1 Å². The highest BCUT2D eigenvalue weighted by Gasteiger charge is 2.27. The summed E-state index contributed by atoms with van der Waals surface area (Å²) in [6.45, 7) is 0. The molecule has 2 atom stereocenters. The van der Waals surface area contributed by atoms with E-state index in [1.54, 1.807) is 0 Å². The summed E-state index contributed by atoms with van der Waals surface area (Å²) in [6, 6.07) is 17.7. The number of carbonyl (C=O) groups excluding carboxylic acids is 1. The summed E-state index contributed by atoms with van der Waals surface area (Å²) in [7, 11) is 0. The van der Waals surface area contributed by atoms with Gasteiger partial charge in [-0.2, -0.15) is 4.98 Å². The highest BCUT2D eigenvalue weighted by Crippen LogP contribution is 2.25. The summed E-state index contributed by atoms with van der Waals surface area (Å²) in [5.41, 5.74) is 1.79. The maximum Gasteiger partial charge on any atom is 0.237 e. The molecular weight excluding hydrogens is 428 g/mol. The first-order valence-electron chi connectivity index (χ1n) is 8.48. The van der Waals surface area contributed by atoms with Crippen molar-refractivity contribution in [2.24, 2.45) is 0 Å². The second kappa shape index (κ2) is 8.24. The van der Waals surface area contributed by atoms with Crippen molar-refractivity contribution in [2.75, 3.05) is 0 Å². The van der Waals surface area contributed by atoms with E-state index in [1.165, 1.54) is 11.8 Å². The lowest BCUT2D eigenvalue weighted by Crippen LogP contribution is -2.50. The fraction of sp³-hybridized carbons (Fsp3) is 0.211. The first kappa shape index (κ1) is 18.2. The average molecular weight is 445 g/mol. The highest BCUT2D eigenvalue weighted by molar-refractivity contribution is 9.10. The SMILES string of the molecule is O=C1CC(c2ccccc2)NC(SCc2nc(-c3ccc(Br)cc3)no2)N1. The summed E-state index contributed by atoms with van der Waals surface area (Å²) in [5, 5.41) is 10.4. The molecule has 2 heterocycles. The molecule has 1 amide bonds. The van der Waals surface area contributed by atoms with Crippen LogP contribution in [0, 0.1) is 0 Å². The van der Waals surface area contributed by atoms with E-state index in [0.29, 0.717) is 23.9 Å². The van der Waals surface area contributed by atoms with Gasteiger partial charge in [0.25, 0.3) is 0 Å². The van der Waals surface area contributed by atoms with Crippen LogP contribution in [0.3, 0.4) is 0 Å². The molecular formula is C19H17BrN4O2S. The number of thioether (sulfide) groups is 1. The largest absolute Gasteiger partial charge is 0.338 e. The fourth-order valence-electron chi connectivity index (χ4n) is 2.85. The first-order chi connectivity index (χ1) is 13.2. The number of rotatable bonds is 5. The summed E-state index contributed by atoms with van der Waals surface area (Å²) in [5.74, 6) is 1.61. The number of nitrogens with zero attached hydrogens (tertiary/aromatic N) is 2. The van der Waals surface area contributed by atoms with Gasteiger partial charge in [0.1, 0.15) is 5.50 Å². The minimum Gasteiger partial charge on any atom is -0.338 e. The number of halogens is 1. The summed E-state index contributed by atoms with van der Waals surface area (Å²) in [4.78, 5) is 16.5. The zero-order chi connectivity index (χ0) is 18.6. The van der Waals surface area contributed by atoms with Crippen molar-refractivity contribution in [1.82, 2.24) is 20.8 Å². The van der Waals surface area contributed by atoms with E-state index in [2.05, 4.69) is 36.7 Å². The maximum atomic E-state index is 12.1. The van der Waals surface area contributed by atoms with Crippen LogP contribution in [-0.4, -0.2) is 21.5 Å². The van der Waals surface area contributed by atoms with Gasteiger partial charge in [-0.1, -0.05) is 51.4 Å². The molecule has 2 aromatic carbocycles. The van der Waals surface area contributed by atoms with Crippen molar-refractivity contribution in [3.63, 3.8) is 0 Å². The Balaban J connectivity index is 1.38. The molecule has 2 N–H and O–H groups in total. The summed E-state index contributed by atoms with van der Waals surface area (Å²) >= 11 is 4.93. The number of carbonyl (C=O) groups is 1. The van der Waals surface area contributed by atoms with Crippen LogP contribution in [-0.2, 0) is 10.5 Å². The van der Waals surface area contributed by atoms with Crippen LogP contribution in [0.2, 0.25) is 0 Å². The third-order valence-corrected chi connectivity index (χ3v) is 5.71. The Hall–Kier alpha value is -2.16. The number of aromatic nitrogens is 2. The zero-order valence-electron chi connectivity index (χ0n) is 14.3. The van der Waals surface area contributed by atoms with Crippen molar-refractivity contribution in [3.8, 4) is 11.4 Å². The molecule has 4 rings (SSSR count). The quantitative estimate of drug-likeness (QED) is 0.621. The molecule has 1 fully saturated rings. The van der Waals surface area contributed by atoms with Gasteiger partial charge in [-0.15, -0.1) is 11.8 Å². The van der Waals surface area contributed by atoms with Crippen LogP contribution >= 0.6 is 27.7 Å². The van der Waals surface area contributed by atoms with E-state index >= 15 is 0 Å². The third kappa shape index (κ3) is 4.58. The Morgan fingerprint density at radius 3 is 2.70 bits per heavy atom. The number of amides is 1. The summed E-state index contributed by atoms with van der Waals surface area (Å²) < 4.78 is 6.34. The van der Waals surface area contributed by atoms with Gasteiger partial charge in [0.2, 0.25) is 17.6 Å². The van der Waals surface area contributed by atoms with Crippen molar-refractivity contribution >= 4 is 33.6 Å². The molecule has 0 aliphatic carbocycles. The van der Waals surface area contributed by atoms with Crippen molar-refractivity contribution in [1.29, 1.82) is 0 Å². The second-order valence-electron chi connectivity index (χ2n) is 6.11. The topological polar surface area (TPSA) is 80.1 Å². The Kier molecular flexibility index (Phi) is 5.56. The van der Waals surface area contributed by atoms with Gasteiger partial charge in [-0.05, 0) is 29.8 Å². The maximum absolute atomic E-state index is 12.1. The number of nitrogens with one attached hydrogen (secondary N) is 2. The van der Waals surface area contributed by atoms with E-state index in [1.807, 2.05) is 54.6 Å². The molecule has 6 nitrogen and oxygen atoms in total. The molecule has 27 heavy (non-hydrogen) atoms. The van der Waals surface area contributed by atoms with Crippen molar-refractivity contribution < 1.29 is 9.32 Å². The predicted molar refractivity (Wildman–Crippen MR) is 108 cm³/mol. The van der Waals surface area contributed by atoms with Crippen LogP contribution in [0.15, 0.2) is 63.6 Å². The number of benzene rings is 2. The Labute approximate surface area is 169 Å². The van der Waals surface area contributed by atoms with Gasteiger partial charge >= 0.3 is 0 Å². The van der Waals surface area contributed by atoms with Gasteiger partial charge in [-0.25, -0.2) is 0 Å². The summed E-state index contributed by atoms with van der Waals surface area (Å²) in [6.07, 6.45) is 0.426. The normalized spacial score (nSPS) is 19.7. The minimum atomic E-state index is -0.209. The lowest BCUT2D eigenvalue weighted by molar-refractivity contribution is -0.123. The second-order valence-corrected chi connectivity index (χ2v) is 8.12. The molecule has 1 aromatic heterocycles. The van der Waals surface area contributed by atoms with Gasteiger partial charge < -0.3 is 9.84 Å². The molecule has 1 aliphatic heterocycles. The van der Waals surface area contributed by atoms with Crippen LogP contribution in [0.1, 0.15) is 23.9 Å².